The van der Waals surface area contributed by atoms with Crippen LogP contribution in [-0.2, 0) is 57.7 Å². The van der Waals surface area contributed by atoms with Crippen LogP contribution in [0.5, 0.6) is 0 Å². The molecule has 9 atom stereocenters. The van der Waals surface area contributed by atoms with E-state index in [4.69, 9.17) is 30.6 Å². The van der Waals surface area contributed by atoms with Gasteiger partial charge in [-0.2, -0.15) is 0 Å². The molecule has 6 aliphatic carbocycles. The van der Waals surface area contributed by atoms with E-state index in [9.17, 15) is 39.6 Å². The number of rotatable bonds is 16. The zero-order valence-corrected chi connectivity index (χ0v) is 38.4. The molecule has 0 radical (unpaired) electrons. The number of ether oxygens (including phenoxy) is 3. The van der Waals surface area contributed by atoms with E-state index < -0.39 is 29.1 Å². The van der Waals surface area contributed by atoms with Crippen LogP contribution in [0.4, 0.5) is 0 Å². The van der Waals surface area contributed by atoms with Crippen molar-refractivity contribution in [3.63, 3.8) is 0 Å². The molecule has 0 amide bonds. The van der Waals surface area contributed by atoms with Crippen LogP contribution in [0.1, 0.15) is 138 Å². The Morgan fingerprint density at radius 3 is 1.09 bits per heavy atom. The van der Waals surface area contributed by atoms with Gasteiger partial charge in [-0.1, -0.05) is 40.0 Å². The molecule has 6 saturated carbocycles. The van der Waals surface area contributed by atoms with Crippen LogP contribution in [0.3, 0.4) is 0 Å². The average molecular weight is 905 g/mol. The van der Waals surface area contributed by atoms with Gasteiger partial charge in [-0.15, -0.1) is 0 Å². The fraction of sp³-hybridized carbons (Fsp3) is 0.923. The maximum absolute atomic E-state index is 11.9. The molecule has 6 fully saturated rings. The molecule has 4 N–H and O–H groups in total. The normalized spacial score (nSPS) is 30.7. The second kappa shape index (κ2) is 23.0. The van der Waals surface area contributed by atoms with E-state index in [1.807, 2.05) is 20.8 Å². The Labute approximate surface area is 352 Å². The summed E-state index contributed by atoms with van der Waals surface area (Å²) >= 11 is 0. The summed E-state index contributed by atoms with van der Waals surface area (Å²) in [5.41, 5.74) is 5.82. The van der Waals surface area contributed by atoms with E-state index in [2.05, 4.69) is 16.4 Å². The van der Waals surface area contributed by atoms with Crippen molar-refractivity contribution in [2.75, 3.05) is 19.8 Å². The number of sulfonamides is 2. The quantitative estimate of drug-likeness (QED) is 0.106. The number of halogens is 1. The van der Waals surface area contributed by atoms with Gasteiger partial charge < -0.3 is 19.9 Å². The number of hydrogen-bond donors (Lipinski definition) is 3. The molecule has 0 spiro atoms. The van der Waals surface area contributed by atoms with E-state index >= 15 is 0 Å². The summed E-state index contributed by atoms with van der Waals surface area (Å²) in [4.78, 5) is 35.2. The van der Waals surface area contributed by atoms with E-state index in [1.165, 1.54) is 0 Å². The second-order valence-corrected chi connectivity index (χ2v) is 23.4. The average Bonchev–Trinajstić information content (AvgIpc) is 4.03. The molecule has 0 aromatic rings. The van der Waals surface area contributed by atoms with Gasteiger partial charge >= 0.3 is 17.9 Å². The second-order valence-electron chi connectivity index (χ2n) is 16.5. The highest BCUT2D eigenvalue weighted by Gasteiger charge is 2.45. The van der Waals surface area contributed by atoms with Crippen LogP contribution < -0.4 is 15.2 Å². The lowest BCUT2D eigenvalue weighted by molar-refractivity contribution is -0.150. The van der Waals surface area contributed by atoms with Gasteiger partial charge in [0.05, 0.1) is 53.3 Å². The monoisotopic (exact) mass is 903 g/mol. The topological polar surface area (TPSA) is 231 Å². The number of esters is 3. The predicted octanol–water partition coefficient (Wildman–Crippen LogP) is 4.90. The Balaban J connectivity index is 0.000000218. The minimum absolute atomic E-state index is 0.0534. The molecule has 338 valence electrons. The summed E-state index contributed by atoms with van der Waals surface area (Å²) < 4.78 is 88.7. The molecular formula is C39H70ClN3O12S3. The summed E-state index contributed by atoms with van der Waals surface area (Å²) in [5, 5.41) is -0.613. The van der Waals surface area contributed by atoms with Crippen LogP contribution in [0, 0.1) is 35.5 Å². The van der Waals surface area contributed by atoms with Gasteiger partial charge in [0.25, 0.3) is 0 Å². The molecular weight excluding hydrogens is 834 g/mol. The summed E-state index contributed by atoms with van der Waals surface area (Å²) in [6.45, 7) is 12.8. The van der Waals surface area contributed by atoms with E-state index in [0.29, 0.717) is 38.6 Å². The van der Waals surface area contributed by atoms with Crippen molar-refractivity contribution in [3.05, 3.63) is 0 Å². The van der Waals surface area contributed by atoms with Gasteiger partial charge in [-0.25, -0.2) is 34.7 Å². The summed E-state index contributed by atoms with van der Waals surface area (Å²) in [7, 11) is -4.59. The molecule has 19 heteroatoms. The van der Waals surface area contributed by atoms with Crippen molar-refractivity contribution in [1.29, 1.82) is 0 Å². The van der Waals surface area contributed by atoms with Crippen molar-refractivity contribution >= 4 is 57.7 Å². The number of nitrogens with two attached hydrogens (primary N) is 1. The van der Waals surface area contributed by atoms with Crippen molar-refractivity contribution in [2.24, 2.45) is 41.2 Å². The Bertz CT molecular complexity index is 1590. The summed E-state index contributed by atoms with van der Waals surface area (Å²) in [6, 6.07) is -0.0192. The van der Waals surface area contributed by atoms with Gasteiger partial charge in [0, 0.05) is 28.8 Å². The number of carbonyl (C=O) groups excluding carboxylic acids is 3. The standard InChI is InChI=1S/2C13H23NO4S.C10H19NO2.C3H5ClO2S/c2*1-3-9-7-10(8-12(9)13(15)18-4-2)14-19(16,17)11-5-6-11;1-3-7-5-8(11)6-9(7)10(12)13-4-2;4-7(5,6)3-1-2-3/h2*9-12,14H,3-8H2,1-2H3;7-9H,3-6,11H2,1-2H3;3H,1-2H2/t9-,10+,12+;;;/m1.../s1. The largest absolute Gasteiger partial charge is 0.466 e. The molecule has 0 aromatic heterocycles. The number of nitrogens with one attached hydrogen (secondary N) is 2. The molecule has 6 unspecified atom stereocenters. The van der Waals surface area contributed by atoms with E-state index in [1.54, 1.807) is 13.8 Å². The van der Waals surface area contributed by atoms with Crippen LogP contribution >= 0.6 is 10.7 Å². The Morgan fingerprint density at radius 1 is 0.517 bits per heavy atom. The van der Waals surface area contributed by atoms with Crippen LogP contribution in [-0.4, -0.2) is 96.9 Å². The van der Waals surface area contributed by atoms with Gasteiger partial charge in [0.15, 0.2) is 0 Å². The van der Waals surface area contributed by atoms with Gasteiger partial charge in [0.2, 0.25) is 29.1 Å². The first-order valence-electron chi connectivity index (χ1n) is 21.5. The number of carbonyl (C=O) groups is 3. The van der Waals surface area contributed by atoms with Crippen LogP contribution in [0.25, 0.3) is 0 Å². The third-order valence-corrected chi connectivity index (χ3v) is 18.0. The van der Waals surface area contributed by atoms with Gasteiger partial charge in [-0.3, -0.25) is 14.4 Å². The van der Waals surface area contributed by atoms with Crippen LogP contribution in [0.2, 0.25) is 0 Å². The zero-order valence-electron chi connectivity index (χ0n) is 35.2. The lowest BCUT2D eigenvalue weighted by atomic mass is 9.94. The third kappa shape index (κ3) is 16.0. The van der Waals surface area contributed by atoms with Crippen molar-refractivity contribution < 1.29 is 53.8 Å². The molecule has 0 bridgehead atoms. The van der Waals surface area contributed by atoms with Gasteiger partial charge in [-0.05, 0) is 116 Å². The highest BCUT2D eigenvalue weighted by atomic mass is 35.7. The molecule has 58 heavy (non-hydrogen) atoms. The minimum atomic E-state index is -3.17. The van der Waals surface area contributed by atoms with Crippen molar-refractivity contribution in [1.82, 2.24) is 9.44 Å². The lowest BCUT2D eigenvalue weighted by Gasteiger charge is -2.15. The third-order valence-electron chi connectivity index (χ3n) is 12.0. The van der Waals surface area contributed by atoms with E-state index in [-0.39, 0.29) is 81.4 Å². The number of hydrogen-bond acceptors (Lipinski definition) is 13. The molecule has 0 aromatic carbocycles. The smallest absolute Gasteiger partial charge is 0.309 e. The first kappa shape index (κ1) is 50.8. The Morgan fingerprint density at radius 2 is 0.828 bits per heavy atom. The molecule has 6 rings (SSSR count). The fourth-order valence-corrected chi connectivity index (χ4v) is 12.8. The highest BCUT2D eigenvalue weighted by Crippen LogP contribution is 2.39. The molecule has 6 aliphatic rings. The SMILES string of the molecule is CCOC(=O)C1CC(N)CC1CC.CCOC(=O)C1CC(NS(=O)(=O)C2CC2)CC1CC.CCOC(=O)[C@H]1C[C@@H](NS(=O)(=O)C2CC2)C[C@H]1CC.O=S(=O)(Cl)C1CC1. The fourth-order valence-electron chi connectivity index (χ4n) is 8.34. The maximum Gasteiger partial charge on any atom is 0.309 e. The molecule has 0 saturated heterocycles. The Kier molecular flexibility index (Phi) is 20.2. The zero-order chi connectivity index (χ0) is 43.4. The first-order valence-corrected chi connectivity index (χ1v) is 26.9. The molecule has 0 aliphatic heterocycles. The lowest BCUT2D eigenvalue weighted by Crippen LogP contribution is -2.35. The minimum Gasteiger partial charge on any atom is -0.466 e. The van der Waals surface area contributed by atoms with Crippen molar-refractivity contribution in [3.8, 4) is 0 Å². The van der Waals surface area contributed by atoms with Crippen LogP contribution in [0.15, 0.2) is 0 Å². The van der Waals surface area contributed by atoms with E-state index in [0.717, 1.165) is 83.5 Å². The van der Waals surface area contributed by atoms with Gasteiger partial charge in [0.1, 0.15) is 0 Å². The summed E-state index contributed by atoms with van der Waals surface area (Å²) in [5.74, 6) is 0.229. The predicted molar refractivity (Wildman–Crippen MR) is 223 cm³/mol. The summed E-state index contributed by atoms with van der Waals surface area (Å²) in [6.07, 6.45) is 11.8. The molecule has 15 nitrogen and oxygen atoms in total. The Hall–Kier alpha value is -1.57. The molecule has 0 heterocycles. The van der Waals surface area contributed by atoms with Crippen molar-refractivity contribution in [2.45, 2.75) is 172 Å². The first-order chi connectivity index (χ1) is 27.2. The highest BCUT2D eigenvalue weighted by molar-refractivity contribution is 8.14. The maximum atomic E-state index is 11.9.